The zero-order valence-corrected chi connectivity index (χ0v) is 22.7. The van der Waals surface area contributed by atoms with Gasteiger partial charge in [0.15, 0.2) is 8.32 Å². The molecule has 4 heteroatoms. The molecule has 0 aliphatic heterocycles. The third-order valence-corrected chi connectivity index (χ3v) is 10.3. The maximum atomic E-state index is 7.05. The Bertz CT molecular complexity index is 793. The second kappa shape index (κ2) is 7.48. The molecule has 2 nitrogen and oxygen atoms in total. The molecule has 2 fully saturated rings. The minimum Gasteiger partial charge on any atom is -0.544 e. The number of hydrogen-bond acceptors (Lipinski definition) is 2. The Labute approximate surface area is 187 Å². The van der Waals surface area contributed by atoms with E-state index in [1.807, 2.05) is 0 Å². The minimum absolute atomic E-state index is 0.114. The van der Waals surface area contributed by atoms with Crippen LogP contribution in [-0.2, 0) is 10.8 Å². The van der Waals surface area contributed by atoms with Crippen LogP contribution in [0.1, 0.15) is 69.4 Å². The molecule has 30 heavy (non-hydrogen) atoms. The van der Waals surface area contributed by atoms with Gasteiger partial charge >= 0.3 is 0 Å². The summed E-state index contributed by atoms with van der Waals surface area (Å²) in [6.07, 6.45) is 9.03. The van der Waals surface area contributed by atoms with E-state index in [2.05, 4.69) is 71.3 Å². The van der Waals surface area contributed by atoms with Gasteiger partial charge in [0.2, 0.25) is 8.32 Å². The Hall–Kier alpha value is -0.586. The highest BCUT2D eigenvalue weighted by molar-refractivity contribution is 6.70. The lowest BCUT2D eigenvalue weighted by Crippen LogP contribution is -2.55. The van der Waals surface area contributed by atoms with Crippen molar-refractivity contribution < 1.29 is 8.85 Å². The molecule has 3 aliphatic carbocycles. The number of benzene rings is 1. The van der Waals surface area contributed by atoms with E-state index in [0.29, 0.717) is 5.41 Å². The van der Waals surface area contributed by atoms with Gasteiger partial charge in [-0.1, -0.05) is 19.9 Å². The van der Waals surface area contributed by atoms with Gasteiger partial charge in [-0.15, -0.1) is 0 Å². The van der Waals surface area contributed by atoms with E-state index in [4.69, 9.17) is 8.85 Å². The summed E-state index contributed by atoms with van der Waals surface area (Å²) in [5.74, 6) is 3.49. The van der Waals surface area contributed by atoms with E-state index in [0.717, 1.165) is 23.5 Å². The highest BCUT2D eigenvalue weighted by Gasteiger charge is 2.62. The Morgan fingerprint density at radius 2 is 1.70 bits per heavy atom. The quantitative estimate of drug-likeness (QED) is 0.432. The van der Waals surface area contributed by atoms with Crippen LogP contribution in [0.5, 0.6) is 5.75 Å². The van der Waals surface area contributed by atoms with Gasteiger partial charge in [0, 0.05) is 0 Å². The number of hydrogen-bond donors (Lipinski definition) is 0. The van der Waals surface area contributed by atoms with Crippen LogP contribution in [0.3, 0.4) is 0 Å². The largest absolute Gasteiger partial charge is 0.544 e. The van der Waals surface area contributed by atoms with Gasteiger partial charge in [0.1, 0.15) is 5.75 Å². The number of fused-ring (bicyclic) bond motifs is 5. The first-order valence-electron chi connectivity index (χ1n) is 12.4. The molecule has 1 aromatic rings. The minimum atomic E-state index is -1.58. The smallest absolute Gasteiger partial charge is 0.242 e. The van der Waals surface area contributed by atoms with Gasteiger partial charge in [-0.25, -0.2) is 0 Å². The van der Waals surface area contributed by atoms with Gasteiger partial charge in [-0.05, 0) is 131 Å². The molecule has 0 saturated heterocycles. The second-order valence-electron chi connectivity index (χ2n) is 12.5. The molecular weight excluding hydrogens is 400 g/mol. The van der Waals surface area contributed by atoms with Gasteiger partial charge < -0.3 is 8.85 Å². The van der Waals surface area contributed by atoms with Crippen molar-refractivity contribution in [2.75, 3.05) is 0 Å². The summed E-state index contributed by atoms with van der Waals surface area (Å²) in [6.45, 7) is 18.9. The van der Waals surface area contributed by atoms with Crippen LogP contribution in [0.2, 0.25) is 39.3 Å². The number of rotatable bonds is 5. The number of aryl methyl sites for hydroxylation is 1. The normalized spacial score (nSPS) is 36.1. The molecule has 3 aliphatic rings. The van der Waals surface area contributed by atoms with E-state index in [1.54, 1.807) is 11.1 Å². The summed E-state index contributed by atoms with van der Waals surface area (Å²) in [5.41, 5.74) is 3.66. The maximum Gasteiger partial charge on any atom is 0.242 e. The van der Waals surface area contributed by atoms with Crippen molar-refractivity contribution in [3.63, 3.8) is 0 Å². The van der Waals surface area contributed by atoms with E-state index in [1.165, 1.54) is 44.9 Å². The van der Waals surface area contributed by atoms with Crippen molar-refractivity contribution >= 4 is 16.6 Å². The summed E-state index contributed by atoms with van der Waals surface area (Å²) in [7, 11) is -3.13. The highest BCUT2D eigenvalue weighted by Crippen LogP contribution is 2.66. The van der Waals surface area contributed by atoms with Crippen molar-refractivity contribution in [1.82, 2.24) is 0 Å². The summed E-state index contributed by atoms with van der Waals surface area (Å²) < 4.78 is 13.3. The Balaban J connectivity index is 1.61. The molecule has 0 N–H and O–H groups in total. The second-order valence-corrected chi connectivity index (χ2v) is 21.4. The van der Waals surface area contributed by atoms with E-state index in [9.17, 15) is 0 Å². The van der Waals surface area contributed by atoms with Gasteiger partial charge in [-0.2, -0.15) is 0 Å². The molecule has 1 aromatic carbocycles. The standard InChI is InChI=1S/C26H44O2Si2/c1-9-26(28-30(6,7)8)17-15-24-23-12-10-19-18-20(27-29(3,4)5)11-13-21(19)22(23)14-16-25(24,26)2/h11,13,18,22-24H,9-10,12,14-17H2,1-8H3/t22?,23?,24?,25-,26-/m0/s1. The van der Waals surface area contributed by atoms with E-state index in [-0.39, 0.29) is 5.60 Å². The third kappa shape index (κ3) is 3.86. The molecule has 3 unspecified atom stereocenters. The maximum absolute atomic E-state index is 7.05. The van der Waals surface area contributed by atoms with Crippen molar-refractivity contribution in [2.24, 2.45) is 17.3 Å². The van der Waals surface area contributed by atoms with Crippen LogP contribution in [0.15, 0.2) is 18.2 Å². The zero-order valence-electron chi connectivity index (χ0n) is 20.7. The van der Waals surface area contributed by atoms with Crippen molar-refractivity contribution in [1.29, 1.82) is 0 Å². The third-order valence-electron chi connectivity index (χ3n) is 8.48. The molecule has 0 bridgehead atoms. The molecule has 0 spiro atoms. The van der Waals surface area contributed by atoms with Crippen LogP contribution in [0.25, 0.3) is 0 Å². The fraction of sp³-hybridized carbons (Fsp3) is 0.769. The lowest BCUT2D eigenvalue weighted by Gasteiger charge is -2.56. The van der Waals surface area contributed by atoms with Gasteiger partial charge in [0.05, 0.1) is 5.60 Å². The molecule has 0 radical (unpaired) electrons. The SMILES string of the molecule is CC[C@]1(O[Si](C)(C)C)CCC2C3CCc4cc(O[Si](C)(C)C)ccc4C3CC[C@@]21C. The zero-order chi connectivity index (χ0) is 21.9. The van der Waals surface area contributed by atoms with Crippen molar-refractivity contribution in [3.05, 3.63) is 29.3 Å². The first-order valence-corrected chi connectivity index (χ1v) is 19.2. The monoisotopic (exact) mass is 444 g/mol. The first-order chi connectivity index (χ1) is 13.9. The summed E-state index contributed by atoms with van der Waals surface area (Å²) in [4.78, 5) is 0. The van der Waals surface area contributed by atoms with Crippen LogP contribution < -0.4 is 4.43 Å². The van der Waals surface area contributed by atoms with E-state index < -0.39 is 16.6 Å². The fourth-order valence-electron chi connectivity index (χ4n) is 7.47. The van der Waals surface area contributed by atoms with Crippen LogP contribution in [0, 0.1) is 17.3 Å². The van der Waals surface area contributed by atoms with Gasteiger partial charge in [-0.3, -0.25) is 0 Å². The summed E-state index contributed by atoms with van der Waals surface area (Å²) >= 11 is 0. The lowest BCUT2D eigenvalue weighted by molar-refractivity contribution is -0.0919. The van der Waals surface area contributed by atoms with Crippen molar-refractivity contribution in [3.8, 4) is 5.75 Å². The average molecular weight is 445 g/mol. The topological polar surface area (TPSA) is 18.5 Å². The van der Waals surface area contributed by atoms with Crippen LogP contribution in [0.4, 0.5) is 0 Å². The Morgan fingerprint density at radius 3 is 2.33 bits per heavy atom. The molecule has 0 heterocycles. The predicted octanol–water partition coefficient (Wildman–Crippen LogP) is 7.76. The predicted molar refractivity (Wildman–Crippen MR) is 132 cm³/mol. The Kier molecular flexibility index (Phi) is 5.64. The van der Waals surface area contributed by atoms with Crippen LogP contribution in [-0.4, -0.2) is 22.2 Å². The molecule has 0 aromatic heterocycles. The molecule has 2 saturated carbocycles. The fourth-order valence-corrected chi connectivity index (χ4v) is 9.96. The highest BCUT2D eigenvalue weighted by atomic mass is 28.4. The van der Waals surface area contributed by atoms with Crippen LogP contribution >= 0.6 is 0 Å². The lowest BCUT2D eigenvalue weighted by atomic mass is 9.53. The average Bonchev–Trinajstić information content (AvgIpc) is 2.91. The first kappa shape index (κ1) is 22.6. The molecular formula is C26H44O2Si2. The summed E-state index contributed by atoms with van der Waals surface area (Å²) in [5, 5.41) is 0. The van der Waals surface area contributed by atoms with E-state index >= 15 is 0 Å². The van der Waals surface area contributed by atoms with Gasteiger partial charge in [0.25, 0.3) is 0 Å². The summed E-state index contributed by atoms with van der Waals surface area (Å²) in [6, 6.07) is 7.05. The molecule has 168 valence electrons. The Morgan fingerprint density at radius 1 is 0.967 bits per heavy atom. The molecule has 0 amide bonds. The molecule has 4 rings (SSSR count). The molecule has 5 atom stereocenters. The van der Waals surface area contributed by atoms with Crippen molar-refractivity contribution in [2.45, 2.75) is 110 Å².